The Morgan fingerprint density at radius 2 is 2.50 bits per heavy atom. The van der Waals surface area contributed by atoms with Crippen LogP contribution in [0.2, 0.25) is 0 Å². The molecule has 0 bridgehead atoms. The first-order valence-electron chi connectivity index (χ1n) is 2.12. The van der Waals surface area contributed by atoms with Gasteiger partial charge in [-0.05, 0) is 0 Å². The molecule has 1 heterocycles. The van der Waals surface area contributed by atoms with Gasteiger partial charge in [0.05, 0.1) is 13.3 Å². The Morgan fingerprint density at radius 1 is 1.62 bits per heavy atom. The van der Waals surface area contributed by atoms with Crippen molar-refractivity contribution in [3.63, 3.8) is 0 Å². The van der Waals surface area contributed by atoms with Crippen molar-refractivity contribution in [2.45, 2.75) is 0 Å². The second-order valence-corrected chi connectivity index (χ2v) is 1.16. The zero-order valence-electron chi connectivity index (χ0n) is 4.44. The maximum atomic E-state index is 4.50. The van der Waals surface area contributed by atoms with Gasteiger partial charge in [-0.3, -0.25) is 0 Å². The van der Waals surface area contributed by atoms with E-state index in [1.165, 1.54) is 18.2 Å². The molecule has 1 aromatic rings. The molecule has 0 aliphatic carbocycles. The van der Waals surface area contributed by atoms with Crippen molar-refractivity contribution in [3.05, 3.63) is 18.7 Å². The highest BCUT2D eigenvalue weighted by Crippen LogP contribution is 1.77. The summed E-state index contributed by atoms with van der Waals surface area (Å²) in [6.07, 6.45) is 4.71. The van der Waals surface area contributed by atoms with Gasteiger partial charge in [0.15, 0.2) is 0 Å². The lowest BCUT2D eigenvalue weighted by Crippen LogP contribution is -2.06. The van der Waals surface area contributed by atoms with Crippen LogP contribution < -0.4 is 4.99 Å². The SMILES string of the molecule is COOn1ccnc1. The van der Waals surface area contributed by atoms with Crippen molar-refractivity contribution < 1.29 is 9.88 Å². The summed E-state index contributed by atoms with van der Waals surface area (Å²) in [6.45, 7) is 0. The molecular formula is C4H6N2O2. The summed E-state index contributed by atoms with van der Waals surface area (Å²) in [5, 5.41) is 0. The maximum Gasteiger partial charge on any atom is 0.135 e. The second-order valence-electron chi connectivity index (χ2n) is 1.16. The molecule has 0 amide bonds. The molecule has 0 aliphatic rings. The molecule has 1 rings (SSSR count). The predicted octanol–water partition coefficient (Wildman–Crippen LogP) is -0.127. The van der Waals surface area contributed by atoms with Crippen LogP contribution in [0.1, 0.15) is 0 Å². The highest BCUT2D eigenvalue weighted by molar-refractivity contribution is 4.68. The first-order valence-corrected chi connectivity index (χ1v) is 2.12. The number of imidazole rings is 1. The fraction of sp³-hybridized carbons (Fsp3) is 0.250. The molecule has 1 aromatic heterocycles. The van der Waals surface area contributed by atoms with E-state index in [1.54, 1.807) is 12.4 Å². The smallest absolute Gasteiger partial charge is 0.135 e. The molecule has 8 heavy (non-hydrogen) atoms. The molecule has 0 atom stereocenters. The summed E-state index contributed by atoms with van der Waals surface area (Å²) in [6, 6.07) is 0. The Hall–Kier alpha value is -1.03. The third kappa shape index (κ3) is 0.974. The Labute approximate surface area is 46.5 Å². The number of rotatable bonds is 2. The molecule has 0 fully saturated rings. The summed E-state index contributed by atoms with van der Waals surface area (Å²) in [5.74, 6) is 0. The molecule has 4 nitrogen and oxygen atoms in total. The van der Waals surface area contributed by atoms with Crippen molar-refractivity contribution in [1.82, 2.24) is 9.71 Å². The molecule has 44 valence electrons. The summed E-state index contributed by atoms with van der Waals surface area (Å²) in [5.41, 5.74) is 0. The summed E-state index contributed by atoms with van der Waals surface area (Å²) in [4.78, 5) is 12.5. The first kappa shape index (κ1) is 5.11. The number of hydrogen-bond acceptors (Lipinski definition) is 3. The van der Waals surface area contributed by atoms with E-state index in [0.29, 0.717) is 0 Å². The lowest BCUT2D eigenvalue weighted by atomic mass is 11.0. The van der Waals surface area contributed by atoms with Gasteiger partial charge in [-0.25, -0.2) is 9.97 Å². The van der Waals surface area contributed by atoms with E-state index in [0.717, 1.165) is 0 Å². The Morgan fingerprint density at radius 3 is 3.00 bits per heavy atom. The van der Waals surface area contributed by atoms with Crippen molar-refractivity contribution in [1.29, 1.82) is 0 Å². The molecule has 0 aliphatic heterocycles. The molecule has 0 spiro atoms. The second kappa shape index (κ2) is 2.32. The number of aromatic nitrogens is 2. The Balaban J connectivity index is 2.50. The minimum atomic E-state index is 1.35. The van der Waals surface area contributed by atoms with Gasteiger partial charge in [0.25, 0.3) is 0 Å². The minimum Gasteiger partial charge on any atom is -0.242 e. The van der Waals surface area contributed by atoms with Crippen LogP contribution >= 0.6 is 0 Å². The van der Waals surface area contributed by atoms with E-state index in [1.807, 2.05) is 0 Å². The highest BCUT2D eigenvalue weighted by atomic mass is 17.3. The average Bonchev–Trinajstić information content (AvgIpc) is 2.19. The number of nitrogens with zero attached hydrogens (tertiary/aromatic N) is 2. The lowest BCUT2D eigenvalue weighted by Gasteiger charge is -1.95. The van der Waals surface area contributed by atoms with Crippen LogP contribution in [0.4, 0.5) is 0 Å². The summed E-state index contributed by atoms with van der Waals surface area (Å²) >= 11 is 0. The molecule has 0 saturated carbocycles. The van der Waals surface area contributed by atoms with Gasteiger partial charge in [0.2, 0.25) is 0 Å². The quantitative estimate of drug-likeness (QED) is 0.397. The van der Waals surface area contributed by atoms with Crippen LogP contribution in [0.5, 0.6) is 0 Å². The van der Waals surface area contributed by atoms with Crippen molar-refractivity contribution in [3.8, 4) is 0 Å². The Kier molecular flexibility index (Phi) is 1.48. The van der Waals surface area contributed by atoms with E-state index in [-0.39, 0.29) is 0 Å². The first-order chi connectivity index (χ1) is 3.93. The molecule has 0 aromatic carbocycles. The topological polar surface area (TPSA) is 36.3 Å². The van der Waals surface area contributed by atoms with Gasteiger partial charge >= 0.3 is 0 Å². The van der Waals surface area contributed by atoms with Crippen molar-refractivity contribution in [2.75, 3.05) is 7.11 Å². The normalized spacial score (nSPS) is 9.12. The van der Waals surface area contributed by atoms with E-state index in [4.69, 9.17) is 0 Å². The molecular weight excluding hydrogens is 108 g/mol. The maximum absolute atomic E-state index is 4.50. The van der Waals surface area contributed by atoms with Crippen LogP contribution in [0, 0.1) is 0 Å². The van der Waals surface area contributed by atoms with Gasteiger partial charge < -0.3 is 0 Å². The summed E-state index contributed by atoms with van der Waals surface area (Å²) in [7, 11) is 1.43. The molecule has 0 unspecified atom stereocenters. The Bertz CT molecular complexity index is 138. The van der Waals surface area contributed by atoms with Gasteiger partial charge in [0, 0.05) is 6.20 Å². The van der Waals surface area contributed by atoms with Gasteiger partial charge in [-0.15, -0.1) is 4.73 Å². The van der Waals surface area contributed by atoms with E-state index in [2.05, 4.69) is 14.9 Å². The largest absolute Gasteiger partial charge is 0.242 e. The van der Waals surface area contributed by atoms with Crippen LogP contribution in [0.25, 0.3) is 0 Å². The molecule has 0 saturated heterocycles. The molecule has 4 heteroatoms. The fourth-order valence-electron chi connectivity index (χ4n) is 0.377. The third-order valence-corrected chi connectivity index (χ3v) is 0.641. The van der Waals surface area contributed by atoms with Crippen molar-refractivity contribution >= 4 is 0 Å². The number of hydrogen-bond donors (Lipinski definition) is 0. The van der Waals surface area contributed by atoms with Crippen LogP contribution in [-0.2, 0) is 4.89 Å². The van der Waals surface area contributed by atoms with Crippen molar-refractivity contribution in [2.24, 2.45) is 0 Å². The lowest BCUT2D eigenvalue weighted by molar-refractivity contribution is -0.271. The fourth-order valence-corrected chi connectivity index (χ4v) is 0.377. The standard InChI is InChI=1S/C4H6N2O2/c1-7-8-6-3-2-5-4-6/h2-4H,1H3. The van der Waals surface area contributed by atoms with E-state index < -0.39 is 0 Å². The average molecular weight is 114 g/mol. The zero-order valence-corrected chi connectivity index (χ0v) is 4.44. The zero-order chi connectivity index (χ0) is 5.82. The van der Waals surface area contributed by atoms with Gasteiger partial charge in [0.1, 0.15) is 6.33 Å². The third-order valence-electron chi connectivity index (χ3n) is 0.641. The van der Waals surface area contributed by atoms with Crippen LogP contribution in [-0.4, -0.2) is 16.8 Å². The van der Waals surface area contributed by atoms with Crippen LogP contribution in [0.15, 0.2) is 18.7 Å². The monoisotopic (exact) mass is 114 g/mol. The van der Waals surface area contributed by atoms with E-state index in [9.17, 15) is 0 Å². The van der Waals surface area contributed by atoms with Gasteiger partial charge in [-0.2, -0.15) is 4.89 Å². The molecule has 0 N–H and O–H groups in total. The predicted molar refractivity (Wildman–Crippen MR) is 25.8 cm³/mol. The highest BCUT2D eigenvalue weighted by Gasteiger charge is 1.82. The summed E-state index contributed by atoms with van der Waals surface area (Å²) < 4.78 is 1.35. The minimum absolute atomic E-state index is 1.35. The van der Waals surface area contributed by atoms with E-state index >= 15 is 0 Å². The van der Waals surface area contributed by atoms with Crippen LogP contribution in [0.3, 0.4) is 0 Å². The van der Waals surface area contributed by atoms with Gasteiger partial charge in [-0.1, -0.05) is 0 Å². The molecule has 0 radical (unpaired) electrons.